The van der Waals surface area contributed by atoms with Gasteiger partial charge in [-0.15, -0.1) is 11.3 Å². The third-order valence-corrected chi connectivity index (χ3v) is 8.70. The second-order valence-electron chi connectivity index (χ2n) is 11.3. The molecule has 2 fully saturated rings. The van der Waals surface area contributed by atoms with Crippen molar-refractivity contribution >= 4 is 35.1 Å². The summed E-state index contributed by atoms with van der Waals surface area (Å²) >= 11 is 1.40. The number of thiazole rings is 1. The molecule has 4 heterocycles. The number of carboxylic acids is 1. The van der Waals surface area contributed by atoms with Gasteiger partial charge in [0.05, 0.1) is 23.6 Å². The summed E-state index contributed by atoms with van der Waals surface area (Å²) < 4.78 is 20.2. The molecule has 5 rings (SSSR count). The van der Waals surface area contributed by atoms with Crippen LogP contribution in [0.15, 0.2) is 46.0 Å². The van der Waals surface area contributed by atoms with Crippen LogP contribution in [0.2, 0.25) is 0 Å². The molecule has 3 aliphatic heterocycles. The number of carbonyl (C=O) groups excluding carboxylic acids is 2. The molecule has 13 heteroatoms. The highest BCUT2D eigenvalue weighted by Crippen LogP contribution is 2.36. The standard InChI is InChI=1S/C29H35FN6O5S/c1-5-41-26(37)22-21(15-34-10-11-36-18(13-34)14-35(28(36)40)16-29(3,4)27(38)39)32-24(25-31-9-12-42-25)33-23(22)19-7-6-8-20(30)17(19)2/h6-9,12,18,23H,5,10-11,13-16H2,1-4H3,(H,32,33)(H,38,39)/t18-,23+/m1/s1. The Morgan fingerprint density at radius 2 is 2.05 bits per heavy atom. The third-order valence-electron chi connectivity index (χ3n) is 7.92. The van der Waals surface area contributed by atoms with Crippen molar-refractivity contribution in [1.29, 1.82) is 0 Å². The van der Waals surface area contributed by atoms with Crippen LogP contribution in [0.25, 0.3) is 0 Å². The molecule has 0 spiro atoms. The number of fused-ring (bicyclic) bond motifs is 1. The first-order chi connectivity index (χ1) is 20.0. The summed E-state index contributed by atoms with van der Waals surface area (Å²) in [5.41, 5.74) is 0.791. The van der Waals surface area contributed by atoms with Gasteiger partial charge in [-0.1, -0.05) is 12.1 Å². The van der Waals surface area contributed by atoms with Crippen molar-refractivity contribution in [2.24, 2.45) is 10.4 Å². The quantitative estimate of drug-likeness (QED) is 0.422. The van der Waals surface area contributed by atoms with E-state index in [1.165, 1.54) is 17.4 Å². The highest BCUT2D eigenvalue weighted by molar-refractivity contribution is 7.11. The lowest BCUT2D eigenvalue weighted by Crippen LogP contribution is -2.53. The molecule has 42 heavy (non-hydrogen) atoms. The number of ether oxygens (including phenoxy) is 1. The fourth-order valence-electron chi connectivity index (χ4n) is 5.65. The number of aliphatic imine (C=N–C) groups is 1. The molecular formula is C29H35FN6O5S. The van der Waals surface area contributed by atoms with Crippen LogP contribution in [0, 0.1) is 18.2 Å². The normalized spacial score (nSPS) is 21.3. The highest BCUT2D eigenvalue weighted by Gasteiger charge is 2.44. The number of hydrogen-bond donors (Lipinski definition) is 2. The number of nitrogens with zero attached hydrogens (tertiary/aromatic N) is 5. The summed E-state index contributed by atoms with van der Waals surface area (Å²) in [6, 6.07) is 3.66. The number of aromatic nitrogens is 1. The summed E-state index contributed by atoms with van der Waals surface area (Å²) in [6.07, 6.45) is 1.67. The summed E-state index contributed by atoms with van der Waals surface area (Å²) in [6.45, 7) is 9.21. The van der Waals surface area contributed by atoms with Crippen LogP contribution in [0.3, 0.4) is 0 Å². The average molecular weight is 599 g/mol. The molecule has 2 aromatic rings. The van der Waals surface area contributed by atoms with Crippen molar-refractivity contribution in [2.45, 2.75) is 39.8 Å². The molecule has 2 amide bonds. The van der Waals surface area contributed by atoms with E-state index in [4.69, 9.17) is 9.73 Å². The van der Waals surface area contributed by atoms with Crippen molar-refractivity contribution in [1.82, 2.24) is 25.0 Å². The van der Waals surface area contributed by atoms with Crippen LogP contribution in [-0.2, 0) is 14.3 Å². The largest absolute Gasteiger partial charge is 0.481 e. The molecule has 1 aromatic carbocycles. The van der Waals surface area contributed by atoms with Crippen LogP contribution in [-0.4, -0.2) is 101 Å². The van der Waals surface area contributed by atoms with Gasteiger partial charge in [-0.05, 0) is 44.9 Å². The highest BCUT2D eigenvalue weighted by atomic mass is 32.1. The Morgan fingerprint density at radius 1 is 1.26 bits per heavy atom. The Hall–Kier alpha value is -3.84. The molecule has 224 valence electrons. The van der Waals surface area contributed by atoms with E-state index in [-0.39, 0.29) is 31.0 Å². The van der Waals surface area contributed by atoms with Gasteiger partial charge in [-0.3, -0.25) is 14.7 Å². The number of carbonyl (C=O) groups is 3. The molecule has 1 aromatic heterocycles. The van der Waals surface area contributed by atoms with Gasteiger partial charge in [0, 0.05) is 56.5 Å². The van der Waals surface area contributed by atoms with E-state index >= 15 is 0 Å². The first-order valence-electron chi connectivity index (χ1n) is 13.9. The first-order valence-corrected chi connectivity index (χ1v) is 14.8. The zero-order valence-electron chi connectivity index (χ0n) is 24.1. The van der Waals surface area contributed by atoms with Gasteiger partial charge < -0.3 is 25.0 Å². The van der Waals surface area contributed by atoms with E-state index in [0.29, 0.717) is 66.0 Å². The number of urea groups is 1. The predicted octanol–water partition coefficient (Wildman–Crippen LogP) is 3.03. The maximum atomic E-state index is 14.7. The van der Waals surface area contributed by atoms with Gasteiger partial charge in [-0.2, -0.15) is 0 Å². The molecule has 3 aliphatic rings. The number of halogens is 1. The number of carboxylic acid groups (broad SMARTS) is 1. The Labute approximate surface area is 247 Å². The zero-order valence-corrected chi connectivity index (χ0v) is 24.9. The Bertz CT molecular complexity index is 1440. The molecule has 0 unspecified atom stereocenters. The maximum Gasteiger partial charge on any atom is 0.338 e. The lowest BCUT2D eigenvalue weighted by Gasteiger charge is -2.38. The minimum absolute atomic E-state index is 0.121. The SMILES string of the molecule is CCOC(=O)C1=C(CN2CCN3C(=O)N(CC(C)(C)C(=O)O)C[C@H]3C2)NC(c2nccs2)=N[C@H]1c1cccc(F)c1C. The van der Waals surface area contributed by atoms with Crippen LogP contribution in [0.1, 0.15) is 42.9 Å². The summed E-state index contributed by atoms with van der Waals surface area (Å²) in [5.74, 6) is -1.39. The molecule has 2 N–H and O–H groups in total. The molecule has 2 saturated heterocycles. The van der Waals surface area contributed by atoms with Crippen LogP contribution >= 0.6 is 11.3 Å². The third kappa shape index (κ3) is 5.75. The summed E-state index contributed by atoms with van der Waals surface area (Å²) in [5, 5.41) is 15.4. The second-order valence-corrected chi connectivity index (χ2v) is 12.2. The lowest BCUT2D eigenvalue weighted by atomic mass is 9.92. The number of amides is 2. The van der Waals surface area contributed by atoms with Gasteiger partial charge in [-0.25, -0.2) is 19.0 Å². The van der Waals surface area contributed by atoms with Crippen molar-refractivity contribution in [2.75, 3.05) is 45.9 Å². The number of esters is 1. The molecule has 0 aliphatic carbocycles. The smallest absolute Gasteiger partial charge is 0.338 e. The minimum Gasteiger partial charge on any atom is -0.481 e. The Morgan fingerprint density at radius 3 is 2.74 bits per heavy atom. The van der Waals surface area contributed by atoms with Gasteiger partial charge in [0.15, 0.2) is 10.8 Å². The first kappa shape index (κ1) is 29.6. The van der Waals surface area contributed by atoms with Gasteiger partial charge >= 0.3 is 18.0 Å². The van der Waals surface area contributed by atoms with Crippen LogP contribution in [0.4, 0.5) is 9.18 Å². The number of aliphatic carboxylic acids is 1. The number of piperazine rings is 1. The fourth-order valence-corrected chi connectivity index (χ4v) is 6.24. The Balaban J connectivity index is 1.45. The predicted molar refractivity (Wildman–Crippen MR) is 155 cm³/mol. The average Bonchev–Trinajstić information content (AvgIpc) is 3.58. The topological polar surface area (TPSA) is 128 Å². The van der Waals surface area contributed by atoms with E-state index in [0.717, 1.165) is 0 Å². The van der Waals surface area contributed by atoms with Crippen molar-refractivity contribution in [3.63, 3.8) is 0 Å². The monoisotopic (exact) mass is 598 g/mol. The van der Waals surface area contributed by atoms with Crippen molar-refractivity contribution in [3.8, 4) is 0 Å². The molecule has 0 radical (unpaired) electrons. The summed E-state index contributed by atoms with van der Waals surface area (Å²) in [7, 11) is 0. The Kier molecular flexibility index (Phi) is 8.33. The summed E-state index contributed by atoms with van der Waals surface area (Å²) in [4.78, 5) is 53.0. The molecule has 11 nitrogen and oxygen atoms in total. The maximum absolute atomic E-state index is 14.7. The molecule has 2 atom stereocenters. The van der Waals surface area contributed by atoms with Crippen LogP contribution < -0.4 is 5.32 Å². The van der Waals surface area contributed by atoms with Gasteiger partial charge in [0.25, 0.3) is 0 Å². The van der Waals surface area contributed by atoms with E-state index in [2.05, 4.69) is 15.2 Å². The zero-order chi connectivity index (χ0) is 30.2. The number of nitrogens with one attached hydrogen (secondary N) is 1. The lowest BCUT2D eigenvalue weighted by molar-refractivity contribution is -0.147. The minimum atomic E-state index is -1.06. The van der Waals surface area contributed by atoms with Crippen LogP contribution in [0.5, 0.6) is 0 Å². The van der Waals surface area contributed by atoms with Crippen molar-refractivity contribution < 1.29 is 28.6 Å². The van der Waals surface area contributed by atoms with E-state index in [1.54, 1.807) is 55.8 Å². The number of amidine groups is 1. The van der Waals surface area contributed by atoms with E-state index in [9.17, 15) is 23.9 Å². The van der Waals surface area contributed by atoms with Gasteiger partial charge in [0.1, 0.15) is 11.9 Å². The second kappa shape index (κ2) is 11.8. The molecular weight excluding hydrogens is 563 g/mol. The fraction of sp³-hybridized carbons (Fsp3) is 0.483. The van der Waals surface area contributed by atoms with Crippen molar-refractivity contribution in [3.05, 3.63) is 63.0 Å². The van der Waals surface area contributed by atoms with Gasteiger partial charge in [0.2, 0.25) is 0 Å². The van der Waals surface area contributed by atoms with E-state index < -0.39 is 23.4 Å². The molecule has 0 bridgehead atoms. The number of hydrogen-bond acceptors (Lipinski definition) is 9. The number of rotatable bonds is 9. The number of benzene rings is 1. The molecule has 0 saturated carbocycles. The van der Waals surface area contributed by atoms with E-state index in [1.807, 2.05) is 5.38 Å².